The summed E-state index contributed by atoms with van der Waals surface area (Å²) >= 11 is 1.66. The van der Waals surface area contributed by atoms with Gasteiger partial charge in [0.1, 0.15) is 35.7 Å². The molecule has 5 rings (SSSR count). The zero-order valence-electron chi connectivity index (χ0n) is 19.6. The van der Waals surface area contributed by atoms with Crippen LogP contribution in [0, 0.1) is 11.8 Å². The first-order valence-electron chi connectivity index (χ1n) is 11.9. The van der Waals surface area contributed by atoms with Gasteiger partial charge in [0.15, 0.2) is 0 Å². The molecular formula is C28H31NO4S. The Hall–Kier alpha value is -2.83. The topological polar surface area (TPSA) is 62.2 Å². The average molecular weight is 478 g/mol. The van der Waals surface area contributed by atoms with Gasteiger partial charge in [0, 0.05) is 19.6 Å². The lowest BCUT2D eigenvalue weighted by atomic mass is 10.00. The minimum Gasteiger partial charge on any atom is -0.508 e. The lowest BCUT2D eigenvalue weighted by Gasteiger charge is -2.34. The van der Waals surface area contributed by atoms with Crippen LogP contribution in [0.15, 0.2) is 71.6 Å². The number of aromatic hydroxyl groups is 2. The summed E-state index contributed by atoms with van der Waals surface area (Å²) in [6.07, 6.45) is -0.215. The maximum atomic E-state index is 9.94. The first-order chi connectivity index (χ1) is 16.5. The highest BCUT2D eigenvalue weighted by atomic mass is 32.2. The van der Waals surface area contributed by atoms with Crippen LogP contribution in [-0.2, 0) is 0 Å². The molecule has 2 aliphatic heterocycles. The van der Waals surface area contributed by atoms with Crippen LogP contribution in [-0.4, -0.2) is 41.4 Å². The molecule has 0 bridgehead atoms. The minimum atomic E-state index is -0.215. The van der Waals surface area contributed by atoms with Crippen molar-refractivity contribution in [2.75, 3.05) is 26.2 Å². The largest absolute Gasteiger partial charge is 0.508 e. The summed E-state index contributed by atoms with van der Waals surface area (Å²) in [7, 11) is 0. The highest BCUT2D eigenvalue weighted by molar-refractivity contribution is 7.99. The summed E-state index contributed by atoms with van der Waals surface area (Å²) in [5.74, 6) is 3.58. The van der Waals surface area contributed by atoms with E-state index in [2.05, 4.69) is 30.9 Å². The molecule has 5 nitrogen and oxygen atoms in total. The lowest BCUT2D eigenvalue weighted by molar-refractivity contribution is 0.190. The van der Waals surface area contributed by atoms with Crippen molar-refractivity contribution in [1.29, 1.82) is 0 Å². The van der Waals surface area contributed by atoms with Crippen LogP contribution in [0.4, 0.5) is 0 Å². The van der Waals surface area contributed by atoms with Gasteiger partial charge in [-0.05, 0) is 65.4 Å². The lowest BCUT2D eigenvalue weighted by Crippen LogP contribution is -2.26. The molecule has 2 heterocycles. The van der Waals surface area contributed by atoms with E-state index in [-0.39, 0.29) is 22.9 Å². The van der Waals surface area contributed by atoms with Crippen LogP contribution in [0.2, 0.25) is 0 Å². The van der Waals surface area contributed by atoms with E-state index >= 15 is 0 Å². The molecule has 0 unspecified atom stereocenters. The van der Waals surface area contributed by atoms with Crippen molar-refractivity contribution in [3.63, 3.8) is 0 Å². The summed E-state index contributed by atoms with van der Waals surface area (Å²) in [5.41, 5.74) is 2.11. The molecule has 1 saturated heterocycles. The second kappa shape index (κ2) is 9.80. The molecule has 2 aliphatic rings. The predicted octanol–water partition coefficient (Wildman–Crippen LogP) is 6.03. The molecule has 3 aromatic carbocycles. The molecular weight excluding hydrogens is 446 g/mol. The van der Waals surface area contributed by atoms with Crippen molar-refractivity contribution >= 4 is 11.8 Å². The van der Waals surface area contributed by atoms with Crippen molar-refractivity contribution in [2.45, 2.75) is 30.1 Å². The van der Waals surface area contributed by atoms with Crippen LogP contribution >= 0.6 is 11.8 Å². The number of phenolic OH excluding ortho intramolecular Hbond substituents is 2. The third-order valence-electron chi connectivity index (χ3n) is 6.88. The molecule has 6 heteroatoms. The van der Waals surface area contributed by atoms with Crippen LogP contribution < -0.4 is 9.47 Å². The van der Waals surface area contributed by atoms with Crippen LogP contribution in [0.25, 0.3) is 0 Å². The molecule has 0 saturated carbocycles. The second-order valence-electron chi connectivity index (χ2n) is 9.43. The van der Waals surface area contributed by atoms with E-state index in [0.717, 1.165) is 59.0 Å². The van der Waals surface area contributed by atoms with Gasteiger partial charge in [-0.2, -0.15) is 0 Å². The highest BCUT2D eigenvalue weighted by Crippen LogP contribution is 2.54. The average Bonchev–Trinajstić information content (AvgIpc) is 3.16. The number of thioether (sulfide) groups is 1. The monoisotopic (exact) mass is 477 g/mol. The number of likely N-dealkylation sites (tertiary alicyclic amines) is 1. The van der Waals surface area contributed by atoms with Crippen LogP contribution in [0.5, 0.6) is 23.0 Å². The van der Waals surface area contributed by atoms with Gasteiger partial charge >= 0.3 is 0 Å². The van der Waals surface area contributed by atoms with E-state index in [1.807, 2.05) is 30.3 Å². The minimum absolute atomic E-state index is 0.0270. The number of benzene rings is 3. The molecule has 34 heavy (non-hydrogen) atoms. The Morgan fingerprint density at radius 2 is 1.53 bits per heavy atom. The van der Waals surface area contributed by atoms with Crippen LogP contribution in [0.1, 0.15) is 36.3 Å². The van der Waals surface area contributed by atoms with E-state index in [4.69, 9.17) is 9.47 Å². The molecule has 0 aliphatic carbocycles. The quantitative estimate of drug-likeness (QED) is 0.452. The number of phenols is 2. The zero-order chi connectivity index (χ0) is 23.7. The van der Waals surface area contributed by atoms with Crippen molar-refractivity contribution in [3.8, 4) is 23.0 Å². The standard InChI is InChI=1S/C28H31NO4S/c1-18-16-29(17-19(18)2)13-14-32-24-10-5-20(6-11-24)27-28(21-3-7-22(30)8-4-21)34-26-15-23(31)9-12-25(26)33-27/h3-12,15,18-19,27-28,30-31H,13-14,16-17H2,1-2H3/t18-,19-,27-,28-/m0/s1. The molecule has 1 fully saturated rings. The normalized spacial score (nSPS) is 24.4. The van der Waals surface area contributed by atoms with E-state index in [1.54, 1.807) is 36.0 Å². The molecule has 3 aromatic rings. The summed E-state index contributed by atoms with van der Waals surface area (Å²) in [4.78, 5) is 3.38. The van der Waals surface area contributed by atoms with Gasteiger partial charge in [0.2, 0.25) is 0 Å². The summed E-state index contributed by atoms with van der Waals surface area (Å²) in [6, 6.07) is 20.6. The first kappa shape index (κ1) is 22.9. The Morgan fingerprint density at radius 3 is 2.24 bits per heavy atom. The van der Waals surface area contributed by atoms with Gasteiger partial charge in [-0.3, -0.25) is 4.90 Å². The molecule has 0 spiro atoms. The molecule has 2 N–H and O–H groups in total. The second-order valence-corrected chi connectivity index (χ2v) is 10.6. The molecule has 4 atom stereocenters. The van der Waals surface area contributed by atoms with Gasteiger partial charge in [0.25, 0.3) is 0 Å². The Kier molecular flexibility index (Phi) is 6.61. The maximum absolute atomic E-state index is 9.94. The predicted molar refractivity (Wildman–Crippen MR) is 135 cm³/mol. The van der Waals surface area contributed by atoms with Gasteiger partial charge < -0.3 is 19.7 Å². The number of ether oxygens (including phenoxy) is 2. The molecule has 0 amide bonds. The Morgan fingerprint density at radius 1 is 0.882 bits per heavy atom. The number of fused-ring (bicyclic) bond motifs is 1. The smallest absolute Gasteiger partial charge is 0.140 e. The molecule has 178 valence electrons. The van der Waals surface area contributed by atoms with Crippen LogP contribution in [0.3, 0.4) is 0 Å². The third kappa shape index (κ3) is 4.98. The summed E-state index contributed by atoms with van der Waals surface area (Å²) in [5, 5.41) is 19.7. The van der Waals surface area contributed by atoms with Gasteiger partial charge in [-0.1, -0.05) is 38.1 Å². The fraction of sp³-hybridized carbons (Fsp3) is 0.357. The number of hydrogen-bond donors (Lipinski definition) is 2. The maximum Gasteiger partial charge on any atom is 0.140 e. The van der Waals surface area contributed by atoms with Crippen molar-refractivity contribution in [3.05, 3.63) is 77.9 Å². The zero-order valence-corrected chi connectivity index (χ0v) is 20.4. The van der Waals surface area contributed by atoms with Gasteiger partial charge in [-0.25, -0.2) is 0 Å². The number of rotatable bonds is 6. The highest BCUT2D eigenvalue weighted by Gasteiger charge is 2.33. The molecule has 0 radical (unpaired) electrons. The van der Waals surface area contributed by atoms with E-state index in [1.165, 1.54) is 0 Å². The van der Waals surface area contributed by atoms with Gasteiger partial charge in [-0.15, -0.1) is 11.8 Å². The van der Waals surface area contributed by atoms with Crippen molar-refractivity contribution in [1.82, 2.24) is 4.90 Å². The van der Waals surface area contributed by atoms with E-state index in [9.17, 15) is 10.2 Å². The SMILES string of the molecule is C[C@H]1CN(CCOc2ccc([C@@H]3Oc4ccc(O)cc4S[C@H]3c3ccc(O)cc3)cc2)C[C@@H]1C. The first-order valence-corrected chi connectivity index (χ1v) is 12.7. The van der Waals surface area contributed by atoms with Gasteiger partial charge in [0.05, 0.1) is 10.1 Å². The fourth-order valence-electron chi connectivity index (χ4n) is 4.71. The Balaban J connectivity index is 1.31. The Bertz CT molecular complexity index is 1110. The summed E-state index contributed by atoms with van der Waals surface area (Å²) in [6.45, 7) is 8.58. The third-order valence-corrected chi connectivity index (χ3v) is 8.23. The van der Waals surface area contributed by atoms with E-state index in [0.29, 0.717) is 6.61 Å². The fourth-order valence-corrected chi connectivity index (χ4v) is 6.04. The van der Waals surface area contributed by atoms with E-state index < -0.39 is 0 Å². The number of hydrogen-bond acceptors (Lipinski definition) is 6. The number of nitrogens with zero attached hydrogens (tertiary/aromatic N) is 1. The Labute approximate surface area is 205 Å². The van der Waals surface area contributed by atoms with Crippen molar-refractivity contribution < 1.29 is 19.7 Å². The summed E-state index contributed by atoms with van der Waals surface area (Å²) < 4.78 is 12.5. The van der Waals surface area contributed by atoms with Crippen molar-refractivity contribution in [2.24, 2.45) is 11.8 Å². The molecule has 0 aromatic heterocycles.